The molecule has 0 saturated heterocycles. The molecule has 3 N–H and O–H groups in total. The standard InChI is InChI=1S/C10H12N2O3/c1-2-10(11,9(14)15)8(13)7-4-3-5-12-6-7/h3-6H,2,11H2,1H3,(H,14,15). The summed E-state index contributed by atoms with van der Waals surface area (Å²) in [6.45, 7) is 1.56. The van der Waals surface area contributed by atoms with Crippen LogP contribution in [0.5, 0.6) is 0 Å². The first-order chi connectivity index (χ1) is 7.02. The Morgan fingerprint density at radius 1 is 1.60 bits per heavy atom. The number of carboxylic acids is 1. The molecule has 5 nitrogen and oxygen atoms in total. The highest BCUT2D eigenvalue weighted by Crippen LogP contribution is 2.14. The normalized spacial score (nSPS) is 14.3. The molecule has 5 heteroatoms. The molecule has 0 aliphatic heterocycles. The van der Waals surface area contributed by atoms with Crippen LogP contribution in [0.25, 0.3) is 0 Å². The summed E-state index contributed by atoms with van der Waals surface area (Å²) in [7, 11) is 0. The van der Waals surface area contributed by atoms with Crippen LogP contribution in [0.4, 0.5) is 0 Å². The van der Waals surface area contributed by atoms with Crippen LogP contribution in [0.15, 0.2) is 24.5 Å². The van der Waals surface area contributed by atoms with Crippen molar-refractivity contribution in [3.8, 4) is 0 Å². The predicted molar refractivity (Wildman–Crippen MR) is 53.4 cm³/mol. The van der Waals surface area contributed by atoms with Gasteiger partial charge in [0, 0.05) is 18.0 Å². The average Bonchev–Trinajstić information content (AvgIpc) is 2.28. The summed E-state index contributed by atoms with van der Waals surface area (Å²) >= 11 is 0. The van der Waals surface area contributed by atoms with Crippen LogP contribution in [0.1, 0.15) is 23.7 Å². The van der Waals surface area contributed by atoms with Gasteiger partial charge in [-0.15, -0.1) is 0 Å². The van der Waals surface area contributed by atoms with Crippen LogP contribution in [-0.4, -0.2) is 27.4 Å². The Balaban J connectivity index is 3.08. The average molecular weight is 208 g/mol. The minimum absolute atomic E-state index is 0.0378. The number of Topliss-reactive ketones (excluding diaryl/α,β-unsaturated/α-hetero) is 1. The van der Waals surface area contributed by atoms with Gasteiger partial charge in [-0.05, 0) is 18.6 Å². The van der Waals surface area contributed by atoms with Crippen LogP contribution >= 0.6 is 0 Å². The number of rotatable bonds is 4. The van der Waals surface area contributed by atoms with Crippen molar-refractivity contribution in [1.29, 1.82) is 0 Å². The van der Waals surface area contributed by atoms with Gasteiger partial charge in [0.05, 0.1) is 0 Å². The molecular formula is C10H12N2O3. The lowest BCUT2D eigenvalue weighted by molar-refractivity contribution is -0.141. The van der Waals surface area contributed by atoms with Crippen molar-refractivity contribution >= 4 is 11.8 Å². The first kappa shape index (κ1) is 11.3. The van der Waals surface area contributed by atoms with Gasteiger partial charge in [0.25, 0.3) is 0 Å². The molecular weight excluding hydrogens is 196 g/mol. The van der Waals surface area contributed by atoms with E-state index < -0.39 is 17.3 Å². The number of pyridine rings is 1. The number of carboxylic acid groups (broad SMARTS) is 1. The van der Waals surface area contributed by atoms with Crippen molar-refractivity contribution in [3.63, 3.8) is 0 Å². The van der Waals surface area contributed by atoms with Crippen molar-refractivity contribution in [2.45, 2.75) is 18.9 Å². The fraction of sp³-hybridized carbons (Fsp3) is 0.300. The van der Waals surface area contributed by atoms with E-state index in [1.165, 1.54) is 18.5 Å². The molecule has 1 rings (SSSR count). The van der Waals surface area contributed by atoms with Crippen LogP contribution in [0.2, 0.25) is 0 Å². The number of aromatic nitrogens is 1. The fourth-order valence-corrected chi connectivity index (χ4v) is 1.16. The van der Waals surface area contributed by atoms with Crippen molar-refractivity contribution in [1.82, 2.24) is 4.98 Å². The summed E-state index contributed by atoms with van der Waals surface area (Å²) in [5.41, 5.74) is 3.89. The maximum Gasteiger partial charge on any atom is 0.331 e. The van der Waals surface area contributed by atoms with E-state index in [2.05, 4.69) is 4.98 Å². The number of nitrogens with zero attached hydrogens (tertiary/aromatic N) is 1. The van der Waals surface area contributed by atoms with E-state index in [0.29, 0.717) is 0 Å². The number of carbonyl (C=O) groups excluding carboxylic acids is 1. The Morgan fingerprint density at radius 3 is 2.67 bits per heavy atom. The van der Waals surface area contributed by atoms with Gasteiger partial charge in [-0.1, -0.05) is 6.92 Å². The monoisotopic (exact) mass is 208 g/mol. The van der Waals surface area contributed by atoms with Gasteiger partial charge in [-0.2, -0.15) is 0 Å². The molecule has 0 aliphatic carbocycles. The second-order valence-corrected chi connectivity index (χ2v) is 3.20. The van der Waals surface area contributed by atoms with Crippen LogP contribution in [0.3, 0.4) is 0 Å². The Morgan fingerprint density at radius 2 is 2.27 bits per heavy atom. The zero-order valence-corrected chi connectivity index (χ0v) is 8.30. The molecule has 0 aromatic carbocycles. The summed E-state index contributed by atoms with van der Waals surface area (Å²) in [6, 6.07) is 3.06. The van der Waals surface area contributed by atoms with E-state index in [-0.39, 0.29) is 12.0 Å². The van der Waals surface area contributed by atoms with Crippen molar-refractivity contribution in [2.75, 3.05) is 0 Å². The second-order valence-electron chi connectivity index (χ2n) is 3.20. The molecule has 0 saturated carbocycles. The fourth-order valence-electron chi connectivity index (χ4n) is 1.16. The van der Waals surface area contributed by atoms with E-state index in [4.69, 9.17) is 10.8 Å². The summed E-state index contributed by atoms with van der Waals surface area (Å²) in [5, 5.41) is 8.90. The van der Waals surface area contributed by atoms with Gasteiger partial charge in [0.1, 0.15) is 0 Å². The first-order valence-corrected chi connectivity index (χ1v) is 4.49. The maximum absolute atomic E-state index is 11.8. The Hall–Kier alpha value is -1.75. The summed E-state index contributed by atoms with van der Waals surface area (Å²) in [5.74, 6) is -1.94. The molecule has 1 unspecified atom stereocenters. The predicted octanol–water partition coefficient (Wildman–Crippen LogP) is 0.456. The Labute approximate surface area is 86.9 Å². The molecule has 0 aliphatic rings. The van der Waals surface area contributed by atoms with E-state index in [1.54, 1.807) is 13.0 Å². The van der Waals surface area contributed by atoms with Gasteiger partial charge >= 0.3 is 5.97 Å². The molecule has 0 radical (unpaired) electrons. The summed E-state index contributed by atoms with van der Waals surface area (Å²) in [4.78, 5) is 26.4. The van der Waals surface area contributed by atoms with Crippen LogP contribution < -0.4 is 5.73 Å². The number of hydrogen-bond acceptors (Lipinski definition) is 4. The highest BCUT2D eigenvalue weighted by Gasteiger charge is 2.40. The molecule has 0 bridgehead atoms. The zero-order chi connectivity index (χ0) is 11.5. The molecule has 1 atom stereocenters. The summed E-state index contributed by atoms with van der Waals surface area (Å²) < 4.78 is 0. The van der Waals surface area contributed by atoms with Crippen molar-refractivity contribution in [3.05, 3.63) is 30.1 Å². The van der Waals surface area contributed by atoms with Crippen molar-refractivity contribution in [2.24, 2.45) is 5.73 Å². The van der Waals surface area contributed by atoms with Crippen molar-refractivity contribution < 1.29 is 14.7 Å². The minimum atomic E-state index is -1.86. The van der Waals surface area contributed by atoms with E-state index in [0.717, 1.165) is 0 Å². The number of hydrogen-bond donors (Lipinski definition) is 2. The number of carbonyl (C=O) groups is 2. The molecule has 1 aromatic rings. The van der Waals surface area contributed by atoms with Crippen LogP contribution in [0, 0.1) is 0 Å². The molecule has 15 heavy (non-hydrogen) atoms. The molecule has 1 heterocycles. The van der Waals surface area contributed by atoms with Gasteiger partial charge < -0.3 is 10.8 Å². The first-order valence-electron chi connectivity index (χ1n) is 4.49. The number of ketones is 1. The minimum Gasteiger partial charge on any atom is -0.480 e. The van der Waals surface area contributed by atoms with E-state index in [1.807, 2.05) is 0 Å². The van der Waals surface area contributed by atoms with Gasteiger partial charge in [-0.25, -0.2) is 4.79 Å². The molecule has 80 valence electrons. The maximum atomic E-state index is 11.8. The van der Waals surface area contributed by atoms with Crippen LogP contribution in [-0.2, 0) is 4.79 Å². The zero-order valence-electron chi connectivity index (χ0n) is 8.30. The Kier molecular flexibility index (Phi) is 3.16. The molecule has 0 fully saturated rings. The Bertz CT molecular complexity index is 378. The summed E-state index contributed by atoms with van der Waals surface area (Å²) in [6.07, 6.45) is 2.85. The topological polar surface area (TPSA) is 93.3 Å². The van der Waals surface area contributed by atoms with E-state index in [9.17, 15) is 9.59 Å². The largest absolute Gasteiger partial charge is 0.480 e. The SMILES string of the molecule is CCC(N)(C(=O)O)C(=O)c1cccnc1. The number of nitrogens with two attached hydrogens (primary N) is 1. The highest BCUT2D eigenvalue weighted by atomic mass is 16.4. The quantitative estimate of drug-likeness (QED) is 0.553. The molecule has 1 aromatic heterocycles. The van der Waals surface area contributed by atoms with E-state index >= 15 is 0 Å². The van der Waals surface area contributed by atoms with Gasteiger partial charge in [0.15, 0.2) is 11.3 Å². The van der Waals surface area contributed by atoms with Gasteiger partial charge in [-0.3, -0.25) is 9.78 Å². The molecule has 0 amide bonds. The lowest BCUT2D eigenvalue weighted by atomic mass is 9.88. The lowest BCUT2D eigenvalue weighted by Gasteiger charge is -2.20. The number of aliphatic carboxylic acids is 1. The van der Waals surface area contributed by atoms with Gasteiger partial charge in [0.2, 0.25) is 0 Å². The second kappa shape index (κ2) is 4.18. The highest BCUT2D eigenvalue weighted by molar-refractivity contribution is 6.15. The lowest BCUT2D eigenvalue weighted by Crippen LogP contribution is -2.54. The third kappa shape index (κ3) is 2.02. The third-order valence-corrected chi connectivity index (χ3v) is 2.27. The third-order valence-electron chi connectivity index (χ3n) is 2.27. The smallest absolute Gasteiger partial charge is 0.331 e. The molecule has 0 spiro atoms.